The molecule has 1 aliphatic carbocycles. The molecule has 0 spiro atoms. The van der Waals surface area contributed by atoms with Crippen LogP contribution in [0.2, 0.25) is 0 Å². The van der Waals surface area contributed by atoms with E-state index in [-0.39, 0.29) is 12.0 Å². The zero-order chi connectivity index (χ0) is 17.8. The molecule has 0 saturated heterocycles. The third-order valence-electron chi connectivity index (χ3n) is 4.50. The van der Waals surface area contributed by atoms with Gasteiger partial charge in [-0.05, 0) is 37.8 Å². The van der Waals surface area contributed by atoms with Crippen molar-refractivity contribution < 1.29 is 14.1 Å². The van der Waals surface area contributed by atoms with Crippen molar-refractivity contribution in [1.82, 2.24) is 10.1 Å². The van der Waals surface area contributed by atoms with Gasteiger partial charge >= 0.3 is 5.76 Å². The Labute approximate surface area is 145 Å². The lowest BCUT2D eigenvalue weighted by Crippen LogP contribution is -2.33. The predicted octanol–water partition coefficient (Wildman–Crippen LogP) is 2.95. The van der Waals surface area contributed by atoms with Crippen molar-refractivity contribution in [2.45, 2.75) is 51.7 Å². The number of aromatic amines is 1. The minimum atomic E-state index is -0.617. The van der Waals surface area contributed by atoms with Crippen LogP contribution in [0.5, 0.6) is 0 Å². The van der Waals surface area contributed by atoms with E-state index in [0.717, 1.165) is 19.3 Å². The van der Waals surface area contributed by atoms with Gasteiger partial charge in [0.2, 0.25) is 0 Å². The summed E-state index contributed by atoms with van der Waals surface area (Å²) in [6, 6.07) is 7.04. The first-order valence-corrected chi connectivity index (χ1v) is 8.64. The lowest BCUT2D eigenvalue weighted by atomic mass is 9.88. The van der Waals surface area contributed by atoms with E-state index in [1.807, 2.05) is 0 Å². The van der Waals surface area contributed by atoms with E-state index in [9.17, 15) is 9.59 Å². The number of nitrogens with zero attached hydrogens (tertiary/aromatic N) is 1. The highest BCUT2D eigenvalue weighted by molar-refractivity contribution is 5.94. The highest BCUT2D eigenvalue weighted by Gasteiger charge is 2.24. The van der Waals surface area contributed by atoms with Crippen molar-refractivity contribution >= 4 is 11.6 Å². The summed E-state index contributed by atoms with van der Waals surface area (Å²) in [6.07, 6.45) is 4.03. The van der Waals surface area contributed by atoms with E-state index < -0.39 is 11.9 Å². The minimum absolute atomic E-state index is 0.149. The number of hydrogen-bond acceptors (Lipinski definition) is 5. The standard InChI is InChI=1S/C18H23N3O4/c1-11-5-3-8-15(9-11)24-12(2)17(22)19-14-7-4-6-13(10-14)16-20-18(23)25-21-16/h4,6-7,10-12,15H,3,5,8-9H2,1-2H3,(H,19,22)(H,20,21,23)/t11-,12-,15-/m1/s1. The van der Waals surface area contributed by atoms with Crippen LogP contribution in [0.3, 0.4) is 0 Å². The van der Waals surface area contributed by atoms with Gasteiger partial charge in [-0.3, -0.25) is 14.3 Å². The zero-order valence-corrected chi connectivity index (χ0v) is 14.5. The summed E-state index contributed by atoms with van der Waals surface area (Å²) < 4.78 is 10.4. The number of carbonyl (C=O) groups is 1. The number of amides is 1. The lowest BCUT2D eigenvalue weighted by Gasteiger charge is -2.29. The average molecular weight is 345 g/mol. The van der Waals surface area contributed by atoms with Crippen LogP contribution in [0, 0.1) is 5.92 Å². The summed E-state index contributed by atoms with van der Waals surface area (Å²) in [5, 5.41) is 6.49. The van der Waals surface area contributed by atoms with Gasteiger partial charge in [-0.2, -0.15) is 0 Å². The Bertz CT molecular complexity index is 782. The van der Waals surface area contributed by atoms with E-state index in [0.29, 0.717) is 23.0 Å². The first kappa shape index (κ1) is 17.4. The Balaban J connectivity index is 1.61. The molecule has 1 fully saturated rings. The number of hydrogen-bond donors (Lipinski definition) is 2. The highest BCUT2D eigenvalue weighted by Crippen LogP contribution is 2.26. The SMILES string of the molecule is C[C@@H]1CCC[C@@H](O[C@H](C)C(=O)Nc2cccc(-c3noc(=O)[nH]3)c2)C1. The van der Waals surface area contributed by atoms with E-state index in [1.54, 1.807) is 31.2 Å². The van der Waals surface area contributed by atoms with Crippen molar-refractivity contribution in [3.05, 3.63) is 34.8 Å². The Hall–Kier alpha value is -2.41. The lowest BCUT2D eigenvalue weighted by molar-refractivity contribution is -0.131. The van der Waals surface area contributed by atoms with Crippen LogP contribution in [0.15, 0.2) is 33.6 Å². The van der Waals surface area contributed by atoms with Crippen LogP contribution in [0.4, 0.5) is 5.69 Å². The predicted molar refractivity (Wildman–Crippen MR) is 93.2 cm³/mol. The molecule has 0 radical (unpaired) electrons. The molecule has 1 amide bonds. The molecule has 7 nitrogen and oxygen atoms in total. The number of nitrogens with one attached hydrogen (secondary N) is 2. The Morgan fingerprint density at radius 1 is 1.44 bits per heavy atom. The molecule has 0 aliphatic heterocycles. The first-order valence-electron chi connectivity index (χ1n) is 8.64. The van der Waals surface area contributed by atoms with Gasteiger partial charge in [0, 0.05) is 11.3 Å². The Kier molecular flexibility index (Phi) is 5.33. The summed E-state index contributed by atoms with van der Waals surface area (Å²) in [5.74, 6) is 0.161. The molecule has 1 saturated carbocycles. The van der Waals surface area contributed by atoms with Crippen molar-refractivity contribution in [1.29, 1.82) is 0 Å². The normalized spacial score (nSPS) is 21.7. The van der Waals surface area contributed by atoms with E-state index in [1.165, 1.54) is 6.42 Å². The molecule has 2 aromatic rings. The third kappa shape index (κ3) is 4.57. The van der Waals surface area contributed by atoms with E-state index in [4.69, 9.17) is 4.74 Å². The van der Waals surface area contributed by atoms with Crippen LogP contribution in [-0.2, 0) is 9.53 Å². The van der Waals surface area contributed by atoms with E-state index >= 15 is 0 Å². The molecule has 134 valence electrons. The summed E-state index contributed by atoms with van der Waals surface area (Å²) in [7, 11) is 0. The number of carbonyl (C=O) groups excluding carboxylic acids is 1. The van der Waals surface area contributed by atoms with Gasteiger partial charge in [-0.1, -0.05) is 37.1 Å². The number of ether oxygens (including phenoxy) is 1. The molecule has 1 aromatic heterocycles. The van der Waals surface area contributed by atoms with Crippen molar-refractivity contribution in [2.24, 2.45) is 5.92 Å². The number of H-pyrrole nitrogens is 1. The zero-order valence-electron chi connectivity index (χ0n) is 14.5. The molecule has 7 heteroatoms. The molecule has 1 heterocycles. The van der Waals surface area contributed by atoms with Gasteiger partial charge in [0.05, 0.1) is 6.10 Å². The largest absolute Gasteiger partial charge is 0.439 e. The topological polar surface area (TPSA) is 97.2 Å². The summed E-state index contributed by atoms with van der Waals surface area (Å²) in [5.41, 5.74) is 1.26. The summed E-state index contributed by atoms with van der Waals surface area (Å²) in [4.78, 5) is 25.9. The van der Waals surface area contributed by atoms with Gasteiger partial charge < -0.3 is 10.1 Å². The number of aromatic nitrogens is 2. The molecule has 1 aliphatic rings. The quantitative estimate of drug-likeness (QED) is 0.868. The smallest absolute Gasteiger partial charge is 0.365 e. The maximum atomic E-state index is 12.4. The highest BCUT2D eigenvalue weighted by atomic mass is 16.5. The van der Waals surface area contributed by atoms with Crippen LogP contribution < -0.4 is 11.1 Å². The Morgan fingerprint density at radius 2 is 2.28 bits per heavy atom. The summed E-state index contributed by atoms with van der Waals surface area (Å²) >= 11 is 0. The second kappa shape index (κ2) is 7.65. The molecule has 2 N–H and O–H groups in total. The molecule has 3 rings (SSSR count). The van der Waals surface area contributed by atoms with Gasteiger partial charge in [-0.25, -0.2) is 4.79 Å². The minimum Gasteiger partial charge on any atom is -0.365 e. The van der Waals surface area contributed by atoms with Crippen LogP contribution in [-0.4, -0.2) is 28.3 Å². The van der Waals surface area contributed by atoms with Gasteiger partial charge in [0.25, 0.3) is 5.91 Å². The second-order valence-electron chi connectivity index (χ2n) is 6.69. The molecule has 3 atom stereocenters. The monoisotopic (exact) mass is 345 g/mol. The van der Waals surface area contributed by atoms with Crippen molar-refractivity contribution in [2.75, 3.05) is 5.32 Å². The number of anilines is 1. The molecule has 1 aromatic carbocycles. The van der Waals surface area contributed by atoms with E-state index in [2.05, 4.69) is 26.9 Å². The molecule has 0 bridgehead atoms. The average Bonchev–Trinajstić information content (AvgIpc) is 3.01. The van der Waals surface area contributed by atoms with Crippen molar-refractivity contribution in [3.8, 4) is 11.4 Å². The molecular formula is C18H23N3O4. The molecule has 0 unspecified atom stereocenters. The fraction of sp³-hybridized carbons (Fsp3) is 0.500. The van der Waals surface area contributed by atoms with Crippen molar-refractivity contribution in [3.63, 3.8) is 0 Å². The van der Waals surface area contributed by atoms with Crippen LogP contribution in [0.1, 0.15) is 39.5 Å². The third-order valence-corrected chi connectivity index (χ3v) is 4.50. The fourth-order valence-electron chi connectivity index (χ4n) is 3.19. The number of benzene rings is 1. The maximum Gasteiger partial charge on any atom is 0.439 e. The Morgan fingerprint density at radius 3 is 3.00 bits per heavy atom. The molecular weight excluding hydrogens is 322 g/mol. The second-order valence-corrected chi connectivity index (χ2v) is 6.69. The summed E-state index contributed by atoms with van der Waals surface area (Å²) in [6.45, 7) is 3.99. The first-order chi connectivity index (χ1) is 12.0. The number of rotatable bonds is 5. The fourth-order valence-corrected chi connectivity index (χ4v) is 3.19. The van der Waals surface area contributed by atoms with Crippen LogP contribution in [0.25, 0.3) is 11.4 Å². The van der Waals surface area contributed by atoms with Gasteiger partial charge in [0.15, 0.2) is 5.82 Å². The van der Waals surface area contributed by atoms with Gasteiger partial charge in [-0.15, -0.1) is 0 Å². The molecule has 25 heavy (non-hydrogen) atoms. The van der Waals surface area contributed by atoms with Gasteiger partial charge in [0.1, 0.15) is 6.10 Å². The van der Waals surface area contributed by atoms with Crippen LogP contribution >= 0.6 is 0 Å². The maximum absolute atomic E-state index is 12.4.